The van der Waals surface area contributed by atoms with E-state index in [0.717, 1.165) is 17.4 Å². The number of amides is 2. The number of nitrogens with zero attached hydrogens (tertiary/aromatic N) is 1. The topological polar surface area (TPSA) is 84.9 Å². The molecule has 0 atom stereocenters. The Morgan fingerprint density at radius 2 is 1.83 bits per heavy atom. The molecule has 7 nitrogen and oxygen atoms in total. The van der Waals surface area contributed by atoms with Gasteiger partial charge in [0.15, 0.2) is 6.61 Å². The second-order valence-electron chi connectivity index (χ2n) is 6.18. The Balaban J connectivity index is 1.73. The number of rotatable bonds is 9. The van der Waals surface area contributed by atoms with Crippen LogP contribution in [0.1, 0.15) is 22.8 Å². The number of hydrogen-bond acceptors (Lipinski definition) is 5. The standard InChI is InChI=1S/C21H23FN2O5/c1-3-28-18-9-7-15(8-10-18)13-24(2)19(25)14-29-20(26)12-23-21(27)16-5-4-6-17(22)11-16/h4-11H,3,12-14H2,1-2H3,(H,23,27). The van der Waals surface area contributed by atoms with Crippen molar-refractivity contribution in [3.8, 4) is 5.75 Å². The maximum atomic E-state index is 13.1. The zero-order chi connectivity index (χ0) is 21.2. The fraction of sp³-hybridized carbons (Fsp3) is 0.286. The first-order chi connectivity index (χ1) is 13.9. The summed E-state index contributed by atoms with van der Waals surface area (Å²) in [6.45, 7) is 1.95. The Bertz CT molecular complexity index is 854. The number of carbonyl (C=O) groups is 3. The Morgan fingerprint density at radius 1 is 1.10 bits per heavy atom. The van der Waals surface area contributed by atoms with Crippen LogP contribution in [0.25, 0.3) is 0 Å². The van der Waals surface area contributed by atoms with Crippen LogP contribution in [-0.4, -0.2) is 49.5 Å². The summed E-state index contributed by atoms with van der Waals surface area (Å²) in [7, 11) is 1.60. The van der Waals surface area contributed by atoms with Gasteiger partial charge in [-0.15, -0.1) is 0 Å². The fourth-order valence-electron chi connectivity index (χ4n) is 2.41. The third-order valence-corrected chi connectivity index (χ3v) is 3.92. The first kappa shape index (κ1) is 21.9. The summed E-state index contributed by atoms with van der Waals surface area (Å²) in [5, 5.41) is 2.32. The van der Waals surface area contributed by atoms with Crippen LogP contribution in [0.4, 0.5) is 4.39 Å². The van der Waals surface area contributed by atoms with Crippen molar-refractivity contribution < 1.29 is 28.2 Å². The largest absolute Gasteiger partial charge is 0.494 e. The lowest BCUT2D eigenvalue weighted by molar-refractivity contribution is -0.150. The molecule has 0 heterocycles. The Hall–Kier alpha value is -3.42. The number of ether oxygens (including phenoxy) is 2. The van der Waals surface area contributed by atoms with Gasteiger partial charge in [0, 0.05) is 19.2 Å². The van der Waals surface area contributed by atoms with Crippen molar-refractivity contribution in [2.75, 3.05) is 26.8 Å². The summed E-state index contributed by atoms with van der Waals surface area (Å²) in [6, 6.07) is 12.4. The summed E-state index contributed by atoms with van der Waals surface area (Å²) < 4.78 is 23.4. The molecule has 8 heteroatoms. The molecule has 0 aliphatic rings. The van der Waals surface area contributed by atoms with Gasteiger partial charge in [-0.25, -0.2) is 4.39 Å². The second-order valence-corrected chi connectivity index (χ2v) is 6.18. The quantitative estimate of drug-likeness (QED) is 0.650. The van der Waals surface area contributed by atoms with Crippen molar-refractivity contribution in [2.24, 2.45) is 0 Å². The minimum Gasteiger partial charge on any atom is -0.494 e. The van der Waals surface area contributed by atoms with Gasteiger partial charge < -0.3 is 19.7 Å². The van der Waals surface area contributed by atoms with Gasteiger partial charge in [-0.05, 0) is 42.8 Å². The van der Waals surface area contributed by atoms with Crippen molar-refractivity contribution in [1.29, 1.82) is 0 Å². The van der Waals surface area contributed by atoms with E-state index in [-0.39, 0.29) is 11.5 Å². The van der Waals surface area contributed by atoms with Crippen molar-refractivity contribution in [2.45, 2.75) is 13.5 Å². The van der Waals surface area contributed by atoms with Crippen molar-refractivity contribution in [1.82, 2.24) is 10.2 Å². The Morgan fingerprint density at radius 3 is 2.48 bits per heavy atom. The van der Waals surface area contributed by atoms with Gasteiger partial charge in [-0.1, -0.05) is 18.2 Å². The van der Waals surface area contributed by atoms with Crippen LogP contribution in [0.15, 0.2) is 48.5 Å². The zero-order valence-electron chi connectivity index (χ0n) is 16.3. The monoisotopic (exact) mass is 402 g/mol. The van der Waals surface area contributed by atoms with Gasteiger partial charge in [-0.3, -0.25) is 14.4 Å². The minimum atomic E-state index is -0.766. The van der Waals surface area contributed by atoms with Crippen molar-refractivity contribution in [3.63, 3.8) is 0 Å². The highest BCUT2D eigenvalue weighted by atomic mass is 19.1. The molecule has 29 heavy (non-hydrogen) atoms. The van der Waals surface area contributed by atoms with Crippen LogP contribution in [-0.2, 0) is 20.9 Å². The molecule has 2 aromatic rings. The average Bonchev–Trinajstić information content (AvgIpc) is 2.71. The first-order valence-corrected chi connectivity index (χ1v) is 9.04. The average molecular weight is 402 g/mol. The third kappa shape index (κ3) is 7.25. The molecular formula is C21H23FN2O5. The molecule has 0 fully saturated rings. The maximum Gasteiger partial charge on any atom is 0.325 e. The van der Waals surface area contributed by atoms with Gasteiger partial charge >= 0.3 is 5.97 Å². The minimum absolute atomic E-state index is 0.0870. The number of esters is 1. The van der Waals surface area contributed by atoms with E-state index in [0.29, 0.717) is 13.2 Å². The lowest BCUT2D eigenvalue weighted by atomic mass is 10.2. The van der Waals surface area contributed by atoms with Crippen molar-refractivity contribution in [3.05, 3.63) is 65.5 Å². The predicted octanol–water partition coefficient (Wildman–Crippen LogP) is 2.16. The molecule has 0 aliphatic carbocycles. The molecule has 0 saturated carbocycles. The smallest absolute Gasteiger partial charge is 0.325 e. The van der Waals surface area contributed by atoms with E-state index < -0.39 is 30.8 Å². The van der Waals surface area contributed by atoms with Gasteiger partial charge in [-0.2, -0.15) is 0 Å². The van der Waals surface area contributed by atoms with Crippen LogP contribution in [0, 0.1) is 5.82 Å². The van der Waals surface area contributed by atoms with Crippen LogP contribution in [0.2, 0.25) is 0 Å². The number of halogens is 1. The summed E-state index contributed by atoms with van der Waals surface area (Å²) >= 11 is 0. The van der Waals surface area contributed by atoms with E-state index in [4.69, 9.17) is 9.47 Å². The molecule has 2 rings (SSSR count). The molecule has 0 spiro atoms. The number of nitrogens with one attached hydrogen (secondary N) is 1. The number of benzene rings is 2. The highest BCUT2D eigenvalue weighted by molar-refractivity contribution is 5.96. The Kier molecular flexibility index (Phi) is 8.14. The van der Waals surface area contributed by atoms with Gasteiger partial charge in [0.2, 0.25) is 0 Å². The SMILES string of the molecule is CCOc1ccc(CN(C)C(=O)COC(=O)CNC(=O)c2cccc(F)c2)cc1. The van der Waals surface area contributed by atoms with E-state index in [1.165, 1.54) is 23.1 Å². The van der Waals surface area contributed by atoms with Crippen molar-refractivity contribution >= 4 is 17.8 Å². The molecule has 1 N–H and O–H groups in total. The lowest BCUT2D eigenvalue weighted by Gasteiger charge is -2.17. The van der Waals surface area contributed by atoms with Crippen LogP contribution in [0.5, 0.6) is 5.75 Å². The zero-order valence-corrected chi connectivity index (χ0v) is 16.3. The summed E-state index contributed by atoms with van der Waals surface area (Å²) in [5.74, 6) is -1.57. The van der Waals surface area contributed by atoms with Gasteiger partial charge in [0.1, 0.15) is 18.1 Å². The molecule has 154 valence electrons. The lowest BCUT2D eigenvalue weighted by Crippen LogP contribution is -2.34. The number of hydrogen-bond donors (Lipinski definition) is 1. The number of likely N-dealkylation sites (N-methyl/N-ethyl adjacent to an activating group) is 1. The molecule has 0 bridgehead atoms. The van der Waals surface area contributed by atoms with Gasteiger partial charge in [0.05, 0.1) is 6.61 Å². The van der Waals surface area contributed by atoms with Gasteiger partial charge in [0.25, 0.3) is 11.8 Å². The number of carbonyl (C=O) groups excluding carboxylic acids is 3. The summed E-state index contributed by atoms with van der Waals surface area (Å²) in [6.07, 6.45) is 0. The van der Waals surface area contributed by atoms with E-state index in [1.807, 2.05) is 31.2 Å². The van der Waals surface area contributed by atoms with E-state index in [9.17, 15) is 18.8 Å². The third-order valence-electron chi connectivity index (χ3n) is 3.92. The van der Waals surface area contributed by atoms with Crippen LogP contribution >= 0.6 is 0 Å². The Labute approximate surface area is 168 Å². The second kappa shape index (κ2) is 10.8. The normalized spacial score (nSPS) is 10.2. The van der Waals surface area contributed by atoms with Crippen LogP contribution < -0.4 is 10.1 Å². The summed E-state index contributed by atoms with van der Waals surface area (Å²) in [4.78, 5) is 37.1. The highest BCUT2D eigenvalue weighted by Gasteiger charge is 2.14. The maximum absolute atomic E-state index is 13.1. The highest BCUT2D eigenvalue weighted by Crippen LogP contribution is 2.13. The van der Waals surface area contributed by atoms with E-state index in [1.54, 1.807) is 7.05 Å². The van der Waals surface area contributed by atoms with E-state index in [2.05, 4.69) is 5.32 Å². The van der Waals surface area contributed by atoms with Crippen LogP contribution in [0.3, 0.4) is 0 Å². The molecule has 0 aliphatic heterocycles. The fourth-order valence-corrected chi connectivity index (χ4v) is 2.41. The molecule has 0 unspecified atom stereocenters. The molecular weight excluding hydrogens is 379 g/mol. The predicted molar refractivity (Wildman–Crippen MR) is 104 cm³/mol. The first-order valence-electron chi connectivity index (χ1n) is 9.04. The molecule has 0 aromatic heterocycles. The molecule has 0 radical (unpaired) electrons. The molecule has 2 aromatic carbocycles. The molecule has 2 amide bonds. The molecule has 0 saturated heterocycles. The summed E-state index contributed by atoms with van der Waals surface area (Å²) in [5.41, 5.74) is 0.988. The van der Waals surface area contributed by atoms with E-state index >= 15 is 0 Å².